The second-order valence-corrected chi connectivity index (χ2v) is 8.44. The lowest BCUT2D eigenvalue weighted by Crippen LogP contribution is -3.11. The summed E-state index contributed by atoms with van der Waals surface area (Å²) in [5, 5.41) is 11.5. The van der Waals surface area contributed by atoms with Crippen LogP contribution < -0.4 is 10.5 Å². The van der Waals surface area contributed by atoms with Gasteiger partial charge in [-0.15, -0.1) is 0 Å². The SMILES string of the molecule is CC(C)C[NH+](Cc1cc(=O)oc2cc(-c3ccccc3)c(O)cc12)CC(C)C. The van der Waals surface area contributed by atoms with E-state index in [1.54, 1.807) is 18.2 Å². The maximum atomic E-state index is 12.2. The molecule has 0 aliphatic rings. The molecule has 0 atom stereocenters. The van der Waals surface area contributed by atoms with E-state index in [1.165, 1.54) is 4.90 Å². The van der Waals surface area contributed by atoms with Gasteiger partial charge < -0.3 is 14.4 Å². The molecule has 148 valence electrons. The Balaban J connectivity index is 2.05. The first-order valence-corrected chi connectivity index (χ1v) is 10.0. The van der Waals surface area contributed by atoms with E-state index in [0.717, 1.165) is 36.1 Å². The Morgan fingerprint density at radius 2 is 1.61 bits per heavy atom. The highest BCUT2D eigenvalue weighted by atomic mass is 16.4. The summed E-state index contributed by atoms with van der Waals surface area (Å²) < 4.78 is 5.49. The van der Waals surface area contributed by atoms with Crippen molar-refractivity contribution in [2.24, 2.45) is 11.8 Å². The number of aromatic hydroxyl groups is 1. The average Bonchev–Trinajstić information content (AvgIpc) is 2.61. The maximum absolute atomic E-state index is 12.2. The Labute approximate surface area is 166 Å². The monoisotopic (exact) mass is 380 g/mol. The first-order valence-electron chi connectivity index (χ1n) is 10.0. The minimum Gasteiger partial charge on any atom is -0.507 e. The van der Waals surface area contributed by atoms with Gasteiger partial charge in [-0.1, -0.05) is 58.0 Å². The average molecular weight is 381 g/mol. The second kappa shape index (κ2) is 8.61. The van der Waals surface area contributed by atoms with E-state index in [9.17, 15) is 9.90 Å². The van der Waals surface area contributed by atoms with Crippen molar-refractivity contribution in [3.8, 4) is 16.9 Å². The lowest BCUT2D eigenvalue weighted by molar-refractivity contribution is -0.919. The van der Waals surface area contributed by atoms with Crippen LogP contribution in [0.5, 0.6) is 5.75 Å². The molecule has 0 spiro atoms. The lowest BCUT2D eigenvalue weighted by Gasteiger charge is -2.23. The molecule has 0 aliphatic heterocycles. The number of hydrogen-bond donors (Lipinski definition) is 2. The first-order chi connectivity index (χ1) is 13.3. The largest absolute Gasteiger partial charge is 0.507 e. The van der Waals surface area contributed by atoms with Crippen LogP contribution in [-0.2, 0) is 6.54 Å². The molecular formula is C24H30NO3+. The van der Waals surface area contributed by atoms with Gasteiger partial charge in [0.05, 0.1) is 13.1 Å². The summed E-state index contributed by atoms with van der Waals surface area (Å²) in [5.41, 5.74) is 2.66. The van der Waals surface area contributed by atoms with Gasteiger partial charge in [0.1, 0.15) is 17.9 Å². The first kappa shape index (κ1) is 20.2. The van der Waals surface area contributed by atoms with Gasteiger partial charge >= 0.3 is 5.63 Å². The molecule has 4 heteroatoms. The van der Waals surface area contributed by atoms with Gasteiger partial charge in [0.25, 0.3) is 0 Å². The Morgan fingerprint density at radius 1 is 0.964 bits per heavy atom. The summed E-state index contributed by atoms with van der Waals surface area (Å²) in [5.74, 6) is 1.33. The van der Waals surface area contributed by atoms with Crippen LogP contribution in [0, 0.1) is 11.8 Å². The molecule has 28 heavy (non-hydrogen) atoms. The van der Waals surface area contributed by atoms with Crippen molar-refractivity contribution in [2.45, 2.75) is 34.2 Å². The van der Waals surface area contributed by atoms with Crippen molar-refractivity contribution in [1.82, 2.24) is 0 Å². The molecule has 3 aromatic rings. The molecule has 0 saturated carbocycles. The van der Waals surface area contributed by atoms with Gasteiger partial charge in [0, 0.05) is 34.4 Å². The molecule has 1 heterocycles. The number of phenolic OH excluding ortho intramolecular Hbond substituents is 1. The zero-order valence-corrected chi connectivity index (χ0v) is 17.2. The number of quaternary nitrogens is 1. The third-order valence-electron chi connectivity index (χ3n) is 4.87. The smallest absolute Gasteiger partial charge is 0.336 e. The van der Waals surface area contributed by atoms with Crippen LogP contribution >= 0.6 is 0 Å². The van der Waals surface area contributed by atoms with Gasteiger partial charge in [-0.05, 0) is 17.7 Å². The van der Waals surface area contributed by atoms with Crippen LogP contribution in [0.4, 0.5) is 0 Å². The van der Waals surface area contributed by atoms with Crippen molar-refractivity contribution in [2.75, 3.05) is 13.1 Å². The number of phenols is 1. The Kier molecular flexibility index (Phi) is 6.20. The third-order valence-corrected chi connectivity index (χ3v) is 4.87. The molecule has 0 bridgehead atoms. The molecule has 0 unspecified atom stereocenters. The minimum atomic E-state index is -0.347. The van der Waals surface area contributed by atoms with Gasteiger partial charge in [0.15, 0.2) is 0 Å². The summed E-state index contributed by atoms with van der Waals surface area (Å²) in [6, 6.07) is 14.7. The Morgan fingerprint density at radius 3 is 2.21 bits per heavy atom. The highest BCUT2D eigenvalue weighted by molar-refractivity contribution is 5.88. The standard InChI is InChI=1S/C24H29NO3/c1-16(2)13-25(14-17(3)4)15-19-10-24(27)28-23-12-20(22(26)11-21(19)23)18-8-6-5-7-9-18/h5-12,16-17,26H,13-15H2,1-4H3/p+1. The van der Waals surface area contributed by atoms with Crippen LogP contribution in [0.25, 0.3) is 22.1 Å². The zero-order chi connectivity index (χ0) is 20.3. The normalized spacial score (nSPS) is 11.8. The fourth-order valence-electron chi connectivity index (χ4n) is 3.91. The fourth-order valence-corrected chi connectivity index (χ4v) is 3.91. The molecule has 0 aliphatic carbocycles. The summed E-state index contributed by atoms with van der Waals surface area (Å²) >= 11 is 0. The van der Waals surface area contributed by atoms with E-state index in [0.29, 0.717) is 23.0 Å². The molecule has 4 nitrogen and oxygen atoms in total. The van der Waals surface area contributed by atoms with Crippen molar-refractivity contribution < 1.29 is 14.4 Å². The summed E-state index contributed by atoms with van der Waals surface area (Å²) in [4.78, 5) is 13.7. The Bertz CT molecular complexity index is 980. The van der Waals surface area contributed by atoms with Crippen LogP contribution in [0.3, 0.4) is 0 Å². The highest BCUT2D eigenvalue weighted by Crippen LogP contribution is 2.33. The van der Waals surface area contributed by atoms with Gasteiger partial charge in [-0.3, -0.25) is 0 Å². The Hall–Kier alpha value is -2.59. The molecule has 1 aromatic heterocycles. The van der Waals surface area contributed by atoms with Crippen LogP contribution in [0.15, 0.2) is 57.7 Å². The minimum absolute atomic E-state index is 0.197. The van der Waals surface area contributed by atoms with Crippen molar-refractivity contribution in [3.63, 3.8) is 0 Å². The van der Waals surface area contributed by atoms with Crippen LogP contribution in [0.2, 0.25) is 0 Å². The number of rotatable bonds is 7. The predicted octanol–water partition coefficient (Wildman–Crippen LogP) is 3.86. The number of nitrogens with one attached hydrogen (secondary N) is 1. The molecule has 0 fully saturated rings. The molecular weight excluding hydrogens is 350 g/mol. The van der Waals surface area contributed by atoms with Gasteiger partial charge in [0.2, 0.25) is 0 Å². The van der Waals surface area contributed by atoms with Crippen LogP contribution in [-0.4, -0.2) is 18.2 Å². The molecule has 3 rings (SSSR count). The fraction of sp³-hybridized carbons (Fsp3) is 0.375. The second-order valence-electron chi connectivity index (χ2n) is 8.44. The molecule has 0 saturated heterocycles. The molecule has 0 amide bonds. The van der Waals surface area contributed by atoms with E-state index < -0.39 is 0 Å². The lowest BCUT2D eigenvalue weighted by atomic mass is 10.0. The molecule has 2 aromatic carbocycles. The third kappa shape index (κ3) is 4.82. The number of fused-ring (bicyclic) bond motifs is 1. The predicted molar refractivity (Wildman–Crippen MR) is 114 cm³/mol. The van der Waals surface area contributed by atoms with E-state index in [4.69, 9.17) is 4.42 Å². The van der Waals surface area contributed by atoms with E-state index in [-0.39, 0.29) is 11.4 Å². The summed E-state index contributed by atoms with van der Waals surface area (Å²) in [6.45, 7) is 11.7. The topological polar surface area (TPSA) is 54.9 Å². The number of benzene rings is 2. The summed E-state index contributed by atoms with van der Waals surface area (Å²) in [7, 11) is 0. The quantitative estimate of drug-likeness (QED) is 0.612. The number of hydrogen-bond acceptors (Lipinski definition) is 3. The van der Waals surface area contributed by atoms with Crippen molar-refractivity contribution in [3.05, 3.63) is 64.5 Å². The van der Waals surface area contributed by atoms with Gasteiger partial charge in [-0.2, -0.15) is 0 Å². The van der Waals surface area contributed by atoms with Crippen molar-refractivity contribution >= 4 is 11.0 Å². The van der Waals surface area contributed by atoms with E-state index in [1.807, 2.05) is 30.3 Å². The van der Waals surface area contributed by atoms with Crippen molar-refractivity contribution in [1.29, 1.82) is 0 Å². The van der Waals surface area contributed by atoms with E-state index in [2.05, 4.69) is 27.7 Å². The summed E-state index contributed by atoms with van der Waals surface area (Å²) in [6.07, 6.45) is 0. The highest BCUT2D eigenvalue weighted by Gasteiger charge is 2.18. The van der Waals surface area contributed by atoms with E-state index >= 15 is 0 Å². The van der Waals surface area contributed by atoms with Gasteiger partial charge in [-0.25, -0.2) is 4.79 Å². The molecule has 0 radical (unpaired) electrons. The maximum Gasteiger partial charge on any atom is 0.336 e. The zero-order valence-electron chi connectivity index (χ0n) is 17.2. The van der Waals surface area contributed by atoms with Crippen LogP contribution in [0.1, 0.15) is 33.3 Å². The molecule has 2 N–H and O–H groups in total.